The number of amides is 1. The summed E-state index contributed by atoms with van der Waals surface area (Å²) < 4.78 is 22.8. The van der Waals surface area contributed by atoms with Gasteiger partial charge in [0.2, 0.25) is 5.91 Å². The van der Waals surface area contributed by atoms with Crippen LogP contribution in [0.4, 0.5) is 5.69 Å². The summed E-state index contributed by atoms with van der Waals surface area (Å²) in [7, 11) is 0. The molecule has 0 atom stereocenters. The lowest BCUT2D eigenvalue weighted by atomic mass is 10.1. The zero-order valence-corrected chi connectivity index (χ0v) is 8.68. The van der Waals surface area contributed by atoms with E-state index in [1.807, 2.05) is 13.0 Å². The molecule has 0 spiro atoms. The first kappa shape index (κ1) is 5.81. The minimum atomic E-state index is -2.41. The van der Waals surface area contributed by atoms with Gasteiger partial charge in [-0.2, -0.15) is 0 Å². The van der Waals surface area contributed by atoms with Crippen LogP contribution in [0.15, 0.2) is 16.6 Å². The lowest BCUT2D eigenvalue weighted by Crippen LogP contribution is -2.20. The average Bonchev–Trinajstić information content (AvgIpc) is 2.40. The number of carbonyl (C=O) groups is 1. The number of hydrogen-bond donors (Lipinski definition) is 0. The second-order valence-corrected chi connectivity index (χ2v) is 3.99. The number of likely N-dealkylation sites (N-methyl/N-ethyl adjacent to an activating group) is 1. The Balaban J connectivity index is 2.57. The Morgan fingerprint density at radius 2 is 2.38 bits per heavy atom. The van der Waals surface area contributed by atoms with E-state index in [-0.39, 0.29) is 12.3 Å². The Hall–Kier alpha value is -0.830. The normalized spacial score (nSPS) is 19.4. The van der Waals surface area contributed by atoms with Crippen molar-refractivity contribution in [1.29, 1.82) is 0 Å². The topological polar surface area (TPSA) is 20.3 Å². The molecule has 0 fully saturated rings. The van der Waals surface area contributed by atoms with Crippen molar-refractivity contribution in [3.8, 4) is 0 Å². The number of hydrogen-bond acceptors (Lipinski definition) is 1. The minimum Gasteiger partial charge on any atom is -0.315 e. The summed E-state index contributed by atoms with van der Waals surface area (Å²) in [6, 6.07) is 3.55. The molecule has 1 amide bonds. The van der Waals surface area contributed by atoms with Crippen molar-refractivity contribution >= 4 is 27.5 Å². The standard InChI is InChI=1S/C10H10BrNO/c1-6-3-7-4-10(13)12(2)9(7)5-8(6)11/h3,5H,4H2,1-2H3/i2D3. The van der Waals surface area contributed by atoms with Crippen LogP contribution in [-0.4, -0.2) is 12.9 Å². The highest BCUT2D eigenvalue weighted by Crippen LogP contribution is 2.32. The third-order valence-electron chi connectivity index (χ3n) is 2.19. The van der Waals surface area contributed by atoms with E-state index in [1.54, 1.807) is 6.07 Å². The van der Waals surface area contributed by atoms with Crippen LogP contribution in [0.3, 0.4) is 0 Å². The van der Waals surface area contributed by atoms with Crippen molar-refractivity contribution in [1.82, 2.24) is 0 Å². The SMILES string of the molecule is [2H]C([2H])([2H])N1C(=O)Cc2cc(C)c(Br)cc21. The fraction of sp³-hybridized carbons (Fsp3) is 0.300. The Morgan fingerprint density at radius 1 is 1.62 bits per heavy atom. The van der Waals surface area contributed by atoms with Gasteiger partial charge in [0.05, 0.1) is 6.42 Å². The van der Waals surface area contributed by atoms with E-state index in [9.17, 15) is 4.79 Å². The first-order valence-electron chi connectivity index (χ1n) is 5.43. The van der Waals surface area contributed by atoms with Gasteiger partial charge >= 0.3 is 0 Å². The van der Waals surface area contributed by atoms with Crippen molar-refractivity contribution in [2.75, 3.05) is 11.9 Å². The molecular formula is C10H10BrNO. The zero-order chi connectivity index (χ0) is 12.1. The summed E-state index contributed by atoms with van der Waals surface area (Å²) in [6.45, 7) is -0.496. The Kier molecular flexibility index (Phi) is 1.27. The molecule has 1 aromatic rings. The third-order valence-corrected chi connectivity index (χ3v) is 3.05. The highest BCUT2D eigenvalue weighted by atomic mass is 79.9. The molecule has 2 nitrogen and oxygen atoms in total. The summed E-state index contributed by atoms with van der Waals surface area (Å²) in [6.07, 6.45) is 0.168. The van der Waals surface area contributed by atoms with Gasteiger partial charge in [-0.05, 0) is 24.1 Å². The van der Waals surface area contributed by atoms with Gasteiger partial charge in [0.25, 0.3) is 0 Å². The van der Waals surface area contributed by atoms with Gasteiger partial charge in [-0.3, -0.25) is 4.79 Å². The summed E-state index contributed by atoms with van der Waals surface area (Å²) in [5, 5.41) is 0. The first-order valence-corrected chi connectivity index (χ1v) is 4.72. The first-order chi connectivity index (χ1) is 7.30. The Bertz CT molecular complexity index is 470. The fourth-order valence-corrected chi connectivity index (χ4v) is 1.79. The van der Waals surface area contributed by atoms with Crippen molar-refractivity contribution in [2.24, 2.45) is 0 Å². The molecule has 0 saturated heterocycles. The van der Waals surface area contributed by atoms with Crippen LogP contribution in [0.1, 0.15) is 15.2 Å². The van der Waals surface area contributed by atoms with E-state index in [2.05, 4.69) is 15.9 Å². The molecule has 68 valence electrons. The molecule has 0 N–H and O–H groups in total. The van der Waals surface area contributed by atoms with Gasteiger partial charge in [0.1, 0.15) is 0 Å². The maximum atomic E-state index is 11.7. The predicted octanol–water partition coefficient (Wildman–Crippen LogP) is 2.28. The van der Waals surface area contributed by atoms with Crippen LogP contribution in [0, 0.1) is 6.92 Å². The van der Waals surface area contributed by atoms with E-state index < -0.39 is 6.98 Å². The largest absolute Gasteiger partial charge is 0.315 e. The monoisotopic (exact) mass is 242 g/mol. The highest BCUT2D eigenvalue weighted by Gasteiger charge is 2.24. The number of aryl methyl sites for hydroxylation is 1. The van der Waals surface area contributed by atoms with Crippen LogP contribution in [-0.2, 0) is 11.2 Å². The van der Waals surface area contributed by atoms with Crippen LogP contribution < -0.4 is 4.90 Å². The van der Waals surface area contributed by atoms with Gasteiger partial charge in [0.15, 0.2) is 0 Å². The van der Waals surface area contributed by atoms with E-state index in [0.29, 0.717) is 5.69 Å². The highest BCUT2D eigenvalue weighted by molar-refractivity contribution is 9.10. The molecule has 1 aliphatic rings. The quantitative estimate of drug-likeness (QED) is 0.684. The van der Waals surface area contributed by atoms with Crippen LogP contribution >= 0.6 is 15.9 Å². The molecule has 0 aliphatic carbocycles. The van der Waals surface area contributed by atoms with Gasteiger partial charge in [-0.1, -0.05) is 22.0 Å². The average molecular weight is 243 g/mol. The van der Waals surface area contributed by atoms with Crippen molar-refractivity contribution in [3.05, 3.63) is 27.7 Å². The van der Waals surface area contributed by atoms with Crippen molar-refractivity contribution < 1.29 is 8.91 Å². The molecule has 13 heavy (non-hydrogen) atoms. The number of fused-ring (bicyclic) bond motifs is 1. The van der Waals surface area contributed by atoms with Gasteiger partial charge in [-0.15, -0.1) is 0 Å². The molecule has 1 aliphatic heterocycles. The van der Waals surface area contributed by atoms with Crippen molar-refractivity contribution in [3.63, 3.8) is 0 Å². The predicted molar refractivity (Wildman–Crippen MR) is 56.0 cm³/mol. The molecule has 2 rings (SSSR count). The molecule has 0 unspecified atom stereocenters. The molecule has 3 heteroatoms. The van der Waals surface area contributed by atoms with E-state index in [0.717, 1.165) is 20.5 Å². The molecule has 0 bridgehead atoms. The number of anilines is 1. The molecule has 1 aromatic carbocycles. The van der Waals surface area contributed by atoms with E-state index in [1.165, 1.54) is 0 Å². The smallest absolute Gasteiger partial charge is 0.231 e. The number of rotatable bonds is 0. The van der Waals surface area contributed by atoms with Crippen LogP contribution in [0.25, 0.3) is 0 Å². The molecule has 0 aromatic heterocycles. The van der Waals surface area contributed by atoms with Gasteiger partial charge in [-0.25, -0.2) is 0 Å². The lowest BCUT2D eigenvalue weighted by molar-refractivity contribution is -0.117. The molecule has 1 heterocycles. The molecular weight excluding hydrogens is 230 g/mol. The maximum Gasteiger partial charge on any atom is 0.231 e. The second-order valence-electron chi connectivity index (χ2n) is 3.14. The van der Waals surface area contributed by atoms with E-state index >= 15 is 0 Å². The third kappa shape index (κ3) is 1.27. The number of carbonyl (C=O) groups excluding carboxylic acids is 1. The van der Waals surface area contributed by atoms with Crippen molar-refractivity contribution in [2.45, 2.75) is 13.3 Å². The number of nitrogens with zero attached hydrogens (tertiary/aromatic N) is 1. The molecule has 0 saturated carbocycles. The number of halogens is 1. The number of benzene rings is 1. The minimum absolute atomic E-state index is 0.168. The second kappa shape index (κ2) is 2.84. The summed E-state index contributed by atoms with van der Waals surface area (Å²) in [4.78, 5) is 12.5. The summed E-state index contributed by atoms with van der Waals surface area (Å²) in [5.74, 6) is -0.368. The zero-order valence-electron chi connectivity index (χ0n) is 10.1. The maximum absolute atomic E-state index is 11.7. The van der Waals surface area contributed by atoms with Gasteiger partial charge < -0.3 is 4.90 Å². The van der Waals surface area contributed by atoms with Crippen LogP contribution in [0.2, 0.25) is 0 Å². The summed E-state index contributed by atoms with van der Waals surface area (Å²) >= 11 is 3.34. The Morgan fingerprint density at radius 3 is 3.08 bits per heavy atom. The molecule has 0 radical (unpaired) electrons. The lowest BCUT2D eigenvalue weighted by Gasteiger charge is -2.10. The Labute approximate surface area is 89.9 Å². The fourth-order valence-electron chi connectivity index (χ4n) is 1.46. The van der Waals surface area contributed by atoms with Gasteiger partial charge in [0, 0.05) is 21.2 Å². The summed E-state index contributed by atoms with van der Waals surface area (Å²) in [5.41, 5.74) is 2.27. The van der Waals surface area contributed by atoms with Crippen LogP contribution in [0.5, 0.6) is 0 Å². The van der Waals surface area contributed by atoms with E-state index in [4.69, 9.17) is 4.11 Å².